The van der Waals surface area contributed by atoms with Gasteiger partial charge in [-0.2, -0.15) is 0 Å². The molecule has 1 aliphatic rings. The molecule has 3 N–H and O–H groups in total. The molecule has 0 aliphatic carbocycles. The third-order valence-electron chi connectivity index (χ3n) is 4.07. The number of likely N-dealkylation sites (N-methyl/N-ethyl adjacent to an activating group) is 1. The van der Waals surface area contributed by atoms with Gasteiger partial charge in [0.05, 0.1) is 0 Å². The summed E-state index contributed by atoms with van der Waals surface area (Å²) in [6, 6.07) is -1.93. The third-order valence-corrected chi connectivity index (χ3v) is 4.07. The van der Waals surface area contributed by atoms with Crippen LogP contribution in [-0.4, -0.2) is 53.6 Å². The van der Waals surface area contributed by atoms with Crippen molar-refractivity contribution >= 4 is 17.9 Å². The number of carbonyl (C=O) groups is 3. The number of carboxylic acids is 1. The van der Waals surface area contributed by atoms with Crippen molar-refractivity contribution in [2.75, 3.05) is 13.6 Å². The zero-order chi connectivity index (χ0) is 16.0. The summed E-state index contributed by atoms with van der Waals surface area (Å²) < 4.78 is 0. The van der Waals surface area contributed by atoms with Crippen molar-refractivity contribution in [3.8, 4) is 0 Å². The molecule has 2 unspecified atom stereocenters. The van der Waals surface area contributed by atoms with Crippen molar-refractivity contribution in [3.63, 3.8) is 0 Å². The summed E-state index contributed by atoms with van der Waals surface area (Å²) in [6.07, 6.45) is 2.96. The molecule has 0 spiro atoms. The highest BCUT2D eigenvalue weighted by Crippen LogP contribution is 2.18. The van der Waals surface area contributed by atoms with Crippen LogP contribution in [0.1, 0.15) is 39.5 Å². The summed E-state index contributed by atoms with van der Waals surface area (Å²) in [5.74, 6) is -1.43. The Balaban J connectivity index is 2.79. The van der Waals surface area contributed by atoms with Gasteiger partial charge in [-0.15, -0.1) is 0 Å². The number of nitrogens with one attached hydrogen (secondary N) is 2. The number of piperidine rings is 1. The molecular weight excluding hydrogens is 274 g/mol. The van der Waals surface area contributed by atoms with E-state index >= 15 is 0 Å². The number of hydrogen-bond acceptors (Lipinski definition) is 3. The Morgan fingerprint density at radius 1 is 1.33 bits per heavy atom. The van der Waals surface area contributed by atoms with Gasteiger partial charge in [-0.3, -0.25) is 4.79 Å². The maximum absolute atomic E-state index is 12.3. The van der Waals surface area contributed by atoms with Crippen LogP contribution in [0.3, 0.4) is 0 Å². The number of aliphatic carboxylic acids is 1. The van der Waals surface area contributed by atoms with Crippen molar-refractivity contribution in [1.82, 2.24) is 15.5 Å². The average Bonchev–Trinajstić information content (AvgIpc) is 2.50. The molecule has 1 rings (SSSR count). The minimum atomic E-state index is -1.05. The van der Waals surface area contributed by atoms with E-state index in [0.717, 1.165) is 12.8 Å². The number of carboxylic acid groups (broad SMARTS) is 1. The van der Waals surface area contributed by atoms with Gasteiger partial charge in [0.25, 0.3) is 0 Å². The van der Waals surface area contributed by atoms with E-state index in [1.54, 1.807) is 6.92 Å². The summed E-state index contributed by atoms with van der Waals surface area (Å²) >= 11 is 0. The molecule has 120 valence electrons. The van der Waals surface area contributed by atoms with Gasteiger partial charge in [0.15, 0.2) is 0 Å². The van der Waals surface area contributed by atoms with E-state index in [0.29, 0.717) is 19.4 Å². The molecule has 1 saturated heterocycles. The van der Waals surface area contributed by atoms with Crippen LogP contribution in [0.25, 0.3) is 0 Å². The number of urea groups is 1. The van der Waals surface area contributed by atoms with Gasteiger partial charge in [0.2, 0.25) is 5.91 Å². The maximum Gasteiger partial charge on any atom is 0.326 e. The smallest absolute Gasteiger partial charge is 0.326 e. The van der Waals surface area contributed by atoms with E-state index in [1.165, 1.54) is 11.9 Å². The minimum Gasteiger partial charge on any atom is -0.480 e. The number of nitrogens with zero attached hydrogens (tertiary/aromatic N) is 1. The molecule has 3 amide bonds. The summed E-state index contributed by atoms with van der Waals surface area (Å²) in [4.78, 5) is 36.9. The molecule has 3 atom stereocenters. The summed E-state index contributed by atoms with van der Waals surface area (Å²) in [6.45, 7) is 4.13. The van der Waals surface area contributed by atoms with E-state index in [-0.39, 0.29) is 11.8 Å². The second-order valence-corrected chi connectivity index (χ2v) is 5.47. The number of carbonyl (C=O) groups excluding carboxylic acids is 2. The van der Waals surface area contributed by atoms with E-state index in [1.807, 2.05) is 6.92 Å². The van der Waals surface area contributed by atoms with Gasteiger partial charge in [-0.05, 0) is 25.2 Å². The van der Waals surface area contributed by atoms with Crippen LogP contribution < -0.4 is 10.6 Å². The number of rotatable bonds is 5. The monoisotopic (exact) mass is 299 g/mol. The lowest BCUT2D eigenvalue weighted by Gasteiger charge is -2.35. The predicted octanol–water partition coefficient (Wildman–Crippen LogP) is 0.796. The second-order valence-electron chi connectivity index (χ2n) is 5.47. The Morgan fingerprint density at radius 3 is 2.52 bits per heavy atom. The van der Waals surface area contributed by atoms with Crippen molar-refractivity contribution in [2.24, 2.45) is 5.92 Å². The average molecular weight is 299 g/mol. The van der Waals surface area contributed by atoms with Crippen molar-refractivity contribution in [2.45, 2.75) is 51.6 Å². The van der Waals surface area contributed by atoms with E-state index < -0.39 is 24.1 Å². The lowest BCUT2D eigenvalue weighted by atomic mass is 9.99. The lowest BCUT2D eigenvalue weighted by molar-refractivity contribution is -0.140. The molecule has 0 aromatic heterocycles. The fourth-order valence-electron chi connectivity index (χ4n) is 2.51. The maximum atomic E-state index is 12.3. The fourth-order valence-corrected chi connectivity index (χ4v) is 2.51. The Kier molecular flexibility index (Phi) is 6.45. The first-order chi connectivity index (χ1) is 9.92. The first kappa shape index (κ1) is 17.3. The van der Waals surface area contributed by atoms with Crippen LogP contribution in [-0.2, 0) is 9.59 Å². The van der Waals surface area contributed by atoms with Crippen LogP contribution in [0.2, 0.25) is 0 Å². The molecule has 0 aromatic rings. The SMILES string of the molecule is CCC(C)[C@H](NC(=O)N1CCCCC1C(=O)NC)C(=O)O. The van der Waals surface area contributed by atoms with Crippen LogP contribution in [0.5, 0.6) is 0 Å². The highest BCUT2D eigenvalue weighted by Gasteiger charge is 2.34. The standard InChI is InChI=1S/C14H25N3O4/c1-4-9(2)11(13(19)20)16-14(21)17-8-6-5-7-10(17)12(18)15-3/h9-11H,4-8H2,1-3H3,(H,15,18)(H,16,21)(H,19,20)/t9?,10?,11-/m0/s1. The van der Waals surface area contributed by atoms with E-state index in [4.69, 9.17) is 0 Å². The third kappa shape index (κ3) is 4.34. The van der Waals surface area contributed by atoms with Crippen LogP contribution in [0, 0.1) is 5.92 Å². The second kappa shape index (κ2) is 7.85. The Bertz CT molecular complexity index is 400. The molecule has 7 heteroatoms. The highest BCUT2D eigenvalue weighted by molar-refractivity contribution is 5.89. The molecule has 21 heavy (non-hydrogen) atoms. The number of hydrogen-bond donors (Lipinski definition) is 3. The van der Waals surface area contributed by atoms with Gasteiger partial charge >= 0.3 is 12.0 Å². The Hall–Kier alpha value is -1.79. The molecule has 0 aromatic carbocycles. The molecule has 0 radical (unpaired) electrons. The molecule has 1 heterocycles. The van der Waals surface area contributed by atoms with Gasteiger partial charge in [-0.25, -0.2) is 9.59 Å². The van der Waals surface area contributed by atoms with Crippen molar-refractivity contribution in [3.05, 3.63) is 0 Å². The van der Waals surface area contributed by atoms with Gasteiger partial charge in [0.1, 0.15) is 12.1 Å². The molecular formula is C14H25N3O4. The van der Waals surface area contributed by atoms with Gasteiger partial charge < -0.3 is 20.6 Å². The van der Waals surface area contributed by atoms with Gasteiger partial charge in [0, 0.05) is 13.6 Å². The van der Waals surface area contributed by atoms with Crippen molar-refractivity contribution < 1.29 is 19.5 Å². The van der Waals surface area contributed by atoms with Crippen molar-refractivity contribution in [1.29, 1.82) is 0 Å². The van der Waals surface area contributed by atoms with Crippen LogP contribution in [0.15, 0.2) is 0 Å². The largest absolute Gasteiger partial charge is 0.480 e. The molecule has 1 aliphatic heterocycles. The minimum absolute atomic E-state index is 0.172. The van der Waals surface area contributed by atoms with E-state index in [2.05, 4.69) is 10.6 Å². The summed E-state index contributed by atoms with van der Waals surface area (Å²) in [5.41, 5.74) is 0. The molecule has 1 fully saturated rings. The molecule has 7 nitrogen and oxygen atoms in total. The Labute approximate surface area is 125 Å². The normalized spacial score (nSPS) is 21.3. The van der Waals surface area contributed by atoms with Crippen LogP contribution >= 0.6 is 0 Å². The number of likely N-dealkylation sites (tertiary alicyclic amines) is 1. The first-order valence-electron chi connectivity index (χ1n) is 7.43. The van der Waals surface area contributed by atoms with E-state index in [9.17, 15) is 19.5 Å². The summed E-state index contributed by atoms with van der Waals surface area (Å²) in [5, 5.41) is 14.3. The molecule has 0 bridgehead atoms. The predicted molar refractivity (Wildman–Crippen MR) is 77.8 cm³/mol. The van der Waals surface area contributed by atoms with Gasteiger partial charge in [-0.1, -0.05) is 20.3 Å². The Morgan fingerprint density at radius 2 is 2.00 bits per heavy atom. The topological polar surface area (TPSA) is 98.7 Å². The zero-order valence-corrected chi connectivity index (χ0v) is 12.9. The number of amides is 3. The summed E-state index contributed by atoms with van der Waals surface area (Å²) in [7, 11) is 1.53. The quantitative estimate of drug-likeness (QED) is 0.699. The zero-order valence-electron chi connectivity index (χ0n) is 12.9. The first-order valence-corrected chi connectivity index (χ1v) is 7.43. The van der Waals surface area contributed by atoms with Crippen LogP contribution in [0.4, 0.5) is 4.79 Å². The molecule has 0 saturated carbocycles. The fraction of sp³-hybridized carbons (Fsp3) is 0.786. The highest BCUT2D eigenvalue weighted by atomic mass is 16.4. The lowest BCUT2D eigenvalue weighted by Crippen LogP contribution is -2.57.